The molecule has 0 radical (unpaired) electrons. The summed E-state index contributed by atoms with van der Waals surface area (Å²) in [6.45, 7) is 0. The van der Waals surface area contributed by atoms with Crippen molar-refractivity contribution in [1.29, 1.82) is 0 Å². The fourth-order valence-electron chi connectivity index (χ4n) is 1.68. The normalized spacial score (nSPS) is 11.6. The zero-order valence-corrected chi connectivity index (χ0v) is 10.8. The Labute approximate surface area is 115 Å². The van der Waals surface area contributed by atoms with Crippen molar-refractivity contribution in [2.75, 3.05) is 5.73 Å². The van der Waals surface area contributed by atoms with Crippen molar-refractivity contribution in [2.45, 2.75) is 25.3 Å². The van der Waals surface area contributed by atoms with Crippen LogP contribution in [-0.4, -0.2) is 28.9 Å². The standard InChI is InChI=1S/C13H17N3O4/c14-9-3-1-2-8(6-9)7-12(18)16-10(13(19)20)4-5-11(15)17/h1-3,6,10H,4-5,7,14H2,(H2,15,17)(H,16,18)(H,19,20). The second-order valence-electron chi connectivity index (χ2n) is 4.39. The van der Waals surface area contributed by atoms with E-state index in [9.17, 15) is 14.4 Å². The summed E-state index contributed by atoms with van der Waals surface area (Å²) in [4.78, 5) is 33.4. The van der Waals surface area contributed by atoms with Crippen LogP contribution in [0.15, 0.2) is 24.3 Å². The lowest BCUT2D eigenvalue weighted by Crippen LogP contribution is -2.42. The summed E-state index contributed by atoms with van der Waals surface area (Å²) in [6, 6.07) is 5.62. The number of nitrogen functional groups attached to an aromatic ring is 1. The predicted molar refractivity (Wildman–Crippen MR) is 72.6 cm³/mol. The van der Waals surface area contributed by atoms with E-state index in [4.69, 9.17) is 16.6 Å². The number of carbonyl (C=O) groups is 3. The van der Waals surface area contributed by atoms with Crippen LogP contribution in [0.5, 0.6) is 0 Å². The number of hydrogen-bond donors (Lipinski definition) is 4. The number of anilines is 1. The lowest BCUT2D eigenvalue weighted by molar-refractivity contribution is -0.142. The quantitative estimate of drug-likeness (QED) is 0.506. The number of nitrogens with one attached hydrogen (secondary N) is 1. The molecule has 7 heteroatoms. The van der Waals surface area contributed by atoms with Gasteiger partial charge in [0, 0.05) is 12.1 Å². The number of carboxylic acid groups (broad SMARTS) is 1. The third-order valence-corrected chi connectivity index (χ3v) is 2.63. The van der Waals surface area contributed by atoms with E-state index in [1.54, 1.807) is 24.3 Å². The van der Waals surface area contributed by atoms with Crippen LogP contribution in [0.3, 0.4) is 0 Å². The molecule has 1 aromatic rings. The van der Waals surface area contributed by atoms with Gasteiger partial charge in [0.2, 0.25) is 11.8 Å². The van der Waals surface area contributed by atoms with Crippen LogP contribution in [0.25, 0.3) is 0 Å². The van der Waals surface area contributed by atoms with Gasteiger partial charge in [0.05, 0.1) is 6.42 Å². The SMILES string of the molecule is NC(=O)CCC(NC(=O)Cc1cccc(N)c1)C(=O)O. The van der Waals surface area contributed by atoms with Gasteiger partial charge < -0.3 is 21.9 Å². The minimum Gasteiger partial charge on any atom is -0.480 e. The monoisotopic (exact) mass is 279 g/mol. The first kappa shape index (κ1) is 15.5. The number of rotatable bonds is 7. The molecule has 0 spiro atoms. The fourth-order valence-corrected chi connectivity index (χ4v) is 1.68. The molecule has 1 unspecified atom stereocenters. The Hall–Kier alpha value is -2.57. The van der Waals surface area contributed by atoms with Crippen LogP contribution in [0.2, 0.25) is 0 Å². The summed E-state index contributed by atoms with van der Waals surface area (Å²) < 4.78 is 0. The summed E-state index contributed by atoms with van der Waals surface area (Å²) >= 11 is 0. The number of carboxylic acids is 1. The molecule has 20 heavy (non-hydrogen) atoms. The maximum Gasteiger partial charge on any atom is 0.326 e. The topological polar surface area (TPSA) is 136 Å². The Kier molecular flexibility index (Phi) is 5.52. The fraction of sp³-hybridized carbons (Fsp3) is 0.308. The molecule has 0 aliphatic carbocycles. The Bertz CT molecular complexity index is 516. The van der Waals surface area contributed by atoms with Crippen LogP contribution >= 0.6 is 0 Å². The van der Waals surface area contributed by atoms with E-state index in [2.05, 4.69) is 5.32 Å². The minimum absolute atomic E-state index is 0.0192. The summed E-state index contributed by atoms with van der Waals surface area (Å²) in [6.07, 6.45) is -0.117. The van der Waals surface area contributed by atoms with Crippen molar-refractivity contribution in [3.05, 3.63) is 29.8 Å². The Morgan fingerprint density at radius 2 is 2.00 bits per heavy atom. The highest BCUT2D eigenvalue weighted by atomic mass is 16.4. The maximum atomic E-state index is 11.8. The number of aliphatic carboxylic acids is 1. The molecule has 0 aromatic heterocycles. The van der Waals surface area contributed by atoms with Crippen molar-refractivity contribution in [3.8, 4) is 0 Å². The lowest BCUT2D eigenvalue weighted by atomic mass is 10.1. The molecule has 0 saturated carbocycles. The van der Waals surface area contributed by atoms with E-state index in [1.807, 2.05) is 0 Å². The highest BCUT2D eigenvalue weighted by Gasteiger charge is 2.20. The molecule has 0 fully saturated rings. The molecular formula is C13H17N3O4. The molecule has 108 valence electrons. The third-order valence-electron chi connectivity index (χ3n) is 2.63. The molecule has 0 saturated heterocycles. The number of hydrogen-bond acceptors (Lipinski definition) is 4. The van der Waals surface area contributed by atoms with E-state index in [1.165, 1.54) is 0 Å². The van der Waals surface area contributed by atoms with Crippen LogP contribution < -0.4 is 16.8 Å². The molecule has 0 aliphatic rings. The molecule has 1 atom stereocenters. The van der Waals surface area contributed by atoms with E-state index >= 15 is 0 Å². The van der Waals surface area contributed by atoms with Gasteiger partial charge in [-0.25, -0.2) is 4.79 Å². The van der Waals surface area contributed by atoms with Crippen LogP contribution in [0, 0.1) is 0 Å². The van der Waals surface area contributed by atoms with Crippen molar-refractivity contribution in [1.82, 2.24) is 5.32 Å². The largest absolute Gasteiger partial charge is 0.480 e. The van der Waals surface area contributed by atoms with Crippen LogP contribution in [0.1, 0.15) is 18.4 Å². The van der Waals surface area contributed by atoms with Gasteiger partial charge in [-0.05, 0) is 24.1 Å². The Morgan fingerprint density at radius 1 is 1.30 bits per heavy atom. The van der Waals surface area contributed by atoms with Crippen molar-refractivity contribution in [3.63, 3.8) is 0 Å². The lowest BCUT2D eigenvalue weighted by Gasteiger charge is -2.13. The average Bonchev–Trinajstić information content (AvgIpc) is 2.33. The van der Waals surface area contributed by atoms with Gasteiger partial charge in [-0.1, -0.05) is 12.1 Å². The first-order valence-corrected chi connectivity index (χ1v) is 6.03. The van der Waals surface area contributed by atoms with Gasteiger partial charge in [-0.2, -0.15) is 0 Å². The molecule has 0 bridgehead atoms. The highest BCUT2D eigenvalue weighted by molar-refractivity contribution is 5.85. The Morgan fingerprint density at radius 3 is 2.55 bits per heavy atom. The van der Waals surface area contributed by atoms with Gasteiger partial charge in [-0.15, -0.1) is 0 Å². The van der Waals surface area contributed by atoms with E-state index in [-0.39, 0.29) is 19.3 Å². The number of amides is 2. The van der Waals surface area contributed by atoms with Gasteiger partial charge in [0.15, 0.2) is 0 Å². The number of nitrogens with two attached hydrogens (primary N) is 2. The van der Waals surface area contributed by atoms with Crippen molar-refractivity contribution < 1.29 is 19.5 Å². The summed E-state index contributed by atoms with van der Waals surface area (Å²) in [7, 11) is 0. The zero-order valence-electron chi connectivity index (χ0n) is 10.8. The van der Waals surface area contributed by atoms with E-state index in [0.717, 1.165) is 0 Å². The predicted octanol–water partition coefficient (Wildman–Crippen LogP) is -0.354. The molecule has 7 nitrogen and oxygen atoms in total. The van der Waals surface area contributed by atoms with Gasteiger partial charge in [-0.3, -0.25) is 9.59 Å². The minimum atomic E-state index is -1.20. The van der Waals surface area contributed by atoms with E-state index < -0.39 is 23.8 Å². The van der Waals surface area contributed by atoms with Crippen molar-refractivity contribution >= 4 is 23.5 Å². The number of benzene rings is 1. The second kappa shape index (κ2) is 7.13. The highest BCUT2D eigenvalue weighted by Crippen LogP contribution is 2.07. The number of carbonyl (C=O) groups excluding carboxylic acids is 2. The first-order chi connectivity index (χ1) is 9.38. The Balaban J connectivity index is 2.57. The first-order valence-electron chi connectivity index (χ1n) is 6.03. The molecule has 0 aliphatic heterocycles. The average molecular weight is 279 g/mol. The second-order valence-corrected chi connectivity index (χ2v) is 4.39. The van der Waals surface area contributed by atoms with E-state index in [0.29, 0.717) is 11.3 Å². The number of primary amides is 1. The molecular weight excluding hydrogens is 262 g/mol. The molecule has 2 amide bonds. The molecule has 1 rings (SSSR count). The van der Waals surface area contributed by atoms with Crippen LogP contribution in [0.4, 0.5) is 5.69 Å². The van der Waals surface area contributed by atoms with Gasteiger partial charge in [0.1, 0.15) is 6.04 Å². The molecule has 6 N–H and O–H groups in total. The maximum absolute atomic E-state index is 11.8. The van der Waals surface area contributed by atoms with Crippen LogP contribution in [-0.2, 0) is 20.8 Å². The molecule has 0 heterocycles. The third kappa shape index (κ3) is 5.38. The smallest absolute Gasteiger partial charge is 0.326 e. The summed E-state index contributed by atoms with van der Waals surface area (Å²) in [5.74, 6) is -2.26. The van der Waals surface area contributed by atoms with Gasteiger partial charge in [0.25, 0.3) is 0 Å². The van der Waals surface area contributed by atoms with Crippen molar-refractivity contribution in [2.24, 2.45) is 5.73 Å². The summed E-state index contributed by atoms with van der Waals surface area (Å²) in [5, 5.41) is 11.3. The zero-order chi connectivity index (χ0) is 15.1. The van der Waals surface area contributed by atoms with Gasteiger partial charge >= 0.3 is 5.97 Å². The molecule has 1 aromatic carbocycles. The summed E-state index contributed by atoms with van der Waals surface area (Å²) in [5.41, 5.74) is 11.7.